The van der Waals surface area contributed by atoms with E-state index in [0.29, 0.717) is 5.92 Å². The zero-order chi connectivity index (χ0) is 9.42. The van der Waals surface area contributed by atoms with Crippen molar-refractivity contribution in [2.75, 3.05) is 0 Å². The average Bonchev–Trinajstić information content (AvgIpc) is 2.45. The van der Waals surface area contributed by atoms with Crippen molar-refractivity contribution < 1.29 is 9.53 Å². The number of allylic oxidation sites excluding steroid dienone is 1. The Hall–Kier alpha value is 0.170. The second-order valence-electron chi connectivity index (χ2n) is 3.54. The van der Waals surface area contributed by atoms with Crippen LogP contribution < -0.4 is 0 Å². The molecule has 1 heterocycles. The van der Waals surface area contributed by atoms with Crippen molar-refractivity contribution in [3.63, 3.8) is 0 Å². The van der Waals surface area contributed by atoms with E-state index in [-0.39, 0.29) is 11.9 Å². The Bertz CT molecular complexity index is 269. The number of halogens is 2. The summed E-state index contributed by atoms with van der Waals surface area (Å²) in [6.45, 7) is 0. The van der Waals surface area contributed by atoms with Gasteiger partial charge in [-0.05, 0) is 44.7 Å². The van der Waals surface area contributed by atoms with Gasteiger partial charge in [0.2, 0.25) is 0 Å². The summed E-state index contributed by atoms with van der Waals surface area (Å²) in [4.78, 5) is 11.4. The van der Waals surface area contributed by atoms with E-state index in [4.69, 9.17) is 4.74 Å². The molecule has 72 valence electrons. The minimum Gasteiger partial charge on any atom is -0.429 e. The fourth-order valence-electron chi connectivity index (χ4n) is 2.17. The van der Waals surface area contributed by atoms with Gasteiger partial charge in [-0.25, -0.2) is 0 Å². The number of carbonyl (C=O) groups excluding carboxylic acids is 1. The van der Waals surface area contributed by atoms with Crippen LogP contribution in [0.4, 0.5) is 0 Å². The van der Waals surface area contributed by atoms with E-state index < -0.39 is 0 Å². The molecule has 4 heteroatoms. The normalized spacial score (nSPS) is 32.8. The van der Waals surface area contributed by atoms with E-state index >= 15 is 0 Å². The van der Waals surface area contributed by atoms with Crippen LogP contribution >= 0.6 is 31.9 Å². The standard InChI is InChI=1S/C9H10Br2O2/c10-8(11)7-5-3-1-2-4-6(5)9(12)13-7/h5-6H,1-4H2. The zero-order valence-corrected chi connectivity index (χ0v) is 10.2. The predicted octanol–water partition coefficient (Wildman–Crippen LogP) is 3.31. The Balaban J connectivity index is 2.27. The van der Waals surface area contributed by atoms with Gasteiger partial charge < -0.3 is 4.74 Å². The number of esters is 1. The van der Waals surface area contributed by atoms with Crippen LogP contribution in [-0.2, 0) is 9.53 Å². The molecule has 0 amide bonds. The zero-order valence-electron chi connectivity index (χ0n) is 7.06. The average molecular weight is 310 g/mol. The second kappa shape index (κ2) is 3.73. The summed E-state index contributed by atoms with van der Waals surface area (Å²) in [5.41, 5.74) is 0. The number of rotatable bonds is 0. The lowest BCUT2D eigenvalue weighted by Gasteiger charge is -2.20. The smallest absolute Gasteiger partial charge is 0.314 e. The summed E-state index contributed by atoms with van der Waals surface area (Å²) in [7, 11) is 0. The summed E-state index contributed by atoms with van der Waals surface area (Å²) in [5, 5.41) is 0. The summed E-state index contributed by atoms with van der Waals surface area (Å²) in [6.07, 6.45) is 4.42. The molecule has 0 aromatic rings. The van der Waals surface area contributed by atoms with Crippen molar-refractivity contribution in [2.45, 2.75) is 25.7 Å². The van der Waals surface area contributed by atoms with Crippen molar-refractivity contribution in [3.05, 3.63) is 9.15 Å². The highest BCUT2D eigenvalue weighted by Gasteiger charge is 2.43. The van der Waals surface area contributed by atoms with E-state index in [1.165, 1.54) is 6.42 Å². The second-order valence-corrected chi connectivity index (χ2v) is 6.19. The maximum atomic E-state index is 11.4. The van der Waals surface area contributed by atoms with Crippen molar-refractivity contribution in [1.82, 2.24) is 0 Å². The molecule has 2 fully saturated rings. The van der Waals surface area contributed by atoms with Gasteiger partial charge in [-0.2, -0.15) is 0 Å². The summed E-state index contributed by atoms with van der Waals surface area (Å²) >= 11 is 6.62. The van der Waals surface area contributed by atoms with E-state index in [0.717, 1.165) is 28.4 Å². The summed E-state index contributed by atoms with van der Waals surface area (Å²) in [6, 6.07) is 0. The first-order valence-corrected chi connectivity index (χ1v) is 6.05. The first-order valence-electron chi connectivity index (χ1n) is 4.47. The highest BCUT2D eigenvalue weighted by atomic mass is 79.9. The maximum absolute atomic E-state index is 11.4. The van der Waals surface area contributed by atoms with E-state index in [2.05, 4.69) is 31.9 Å². The number of fused-ring (bicyclic) bond motifs is 1. The van der Waals surface area contributed by atoms with Crippen molar-refractivity contribution in [1.29, 1.82) is 0 Å². The van der Waals surface area contributed by atoms with Gasteiger partial charge in [-0.3, -0.25) is 4.79 Å². The first-order chi connectivity index (χ1) is 6.20. The monoisotopic (exact) mass is 308 g/mol. The molecule has 0 radical (unpaired) electrons. The van der Waals surface area contributed by atoms with Gasteiger partial charge in [0, 0.05) is 5.92 Å². The molecule has 2 atom stereocenters. The van der Waals surface area contributed by atoms with Crippen molar-refractivity contribution in [2.24, 2.45) is 11.8 Å². The summed E-state index contributed by atoms with van der Waals surface area (Å²) in [5.74, 6) is 1.19. The van der Waals surface area contributed by atoms with Crippen LogP contribution in [0.2, 0.25) is 0 Å². The molecular formula is C9H10Br2O2. The van der Waals surface area contributed by atoms with Crippen LogP contribution in [-0.4, -0.2) is 5.97 Å². The van der Waals surface area contributed by atoms with Crippen LogP contribution in [0.3, 0.4) is 0 Å². The molecular weight excluding hydrogens is 300 g/mol. The Labute approximate surface area is 94.0 Å². The molecule has 1 saturated carbocycles. The molecule has 2 rings (SSSR count). The van der Waals surface area contributed by atoms with Crippen LogP contribution in [0.5, 0.6) is 0 Å². The quantitative estimate of drug-likeness (QED) is 0.642. The largest absolute Gasteiger partial charge is 0.429 e. The SMILES string of the molecule is O=C1OC(=C(Br)Br)C2CCCCC12. The molecule has 0 aromatic heterocycles. The van der Waals surface area contributed by atoms with E-state index in [9.17, 15) is 4.79 Å². The minimum atomic E-state index is -0.0453. The number of hydrogen-bond donors (Lipinski definition) is 0. The molecule has 0 N–H and O–H groups in total. The molecule has 1 aliphatic heterocycles. The number of cyclic esters (lactones) is 1. The number of ether oxygens (including phenoxy) is 1. The molecule has 0 aromatic carbocycles. The highest BCUT2D eigenvalue weighted by Crippen LogP contribution is 2.44. The van der Waals surface area contributed by atoms with Gasteiger partial charge in [0.15, 0.2) is 0 Å². The molecule has 0 spiro atoms. The van der Waals surface area contributed by atoms with Crippen molar-refractivity contribution >= 4 is 37.8 Å². The van der Waals surface area contributed by atoms with E-state index in [1.807, 2.05) is 0 Å². The molecule has 1 saturated heterocycles. The molecule has 2 aliphatic rings. The third kappa shape index (κ3) is 1.71. The maximum Gasteiger partial charge on any atom is 0.314 e. The van der Waals surface area contributed by atoms with Crippen molar-refractivity contribution in [3.8, 4) is 0 Å². The van der Waals surface area contributed by atoms with Gasteiger partial charge in [-0.1, -0.05) is 12.8 Å². The third-order valence-electron chi connectivity index (χ3n) is 2.80. The minimum absolute atomic E-state index is 0.0453. The molecule has 0 bridgehead atoms. The Morgan fingerprint density at radius 1 is 1.23 bits per heavy atom. The fraction of sp³-hybridized carbons (Fsp3) is 0.667. The van der Waals surface area contributed by atoms with Gasteiger partial charge in [0.25, 0.3) is 0 Å². The molecule has 1 aliphatic carbocycles. The lowest BCUT2D eigenvalue weighted by atomic mass is 9.80. The van der Waals surface area contributed by atoms with E-state index in [1.54, 1.807) is 0 Å². The van der Waals surface area contributed by atoms with Crippen LogP contribution in [0.15, 0.2) is 9.15 Å². The fourth-order valence-corrected chi connectivity index (χ4v) is 2.92. The van der Waals surface area contributed by atoms with Crippen LogP contribution in [0.1, 0.15) is 25.7 Å². The first kappa shape index (κ1) is 9.71. The molecule has 13 heavy (non-hydrogen) atoms. The predicted molar refractivity (Wildman–Crippen MR) is 56.4 cm³/mol. The Morgan fingerprint density at radius 3 is 2.46 bits per heavy atom. The van der Waals surface area contributed by atoms with Gasteiger partial charge in [0.1, 0.15) is 5.76 Å². The number of carbonyl (C=O) groups is 1. The van der Waals surface area contributed by atoms with Crippen LogP contribution in [0.25, 0.3) is 0 Å². The van der Waals surface area contributed by atoms with Gasteiger partial charge in [-0.15, -0.1) is 0 Å². The van der Waals surface area contributed by atoms with Crippen LogP contribution in [0, 0.1) is 11.8 Å². The molecule has 2 nitrogen and oxygen atoms in total. The Morgan fingerprint density at radius 2 is 1.85 bits per heavy atom. The lowest BCUT2D eigenvalue weighted by molar-refractivity contribution is -0.139. The number of hydrogen-bond acceptors (Lipinski definition) is 2. The summed E-state index contributed by atoms with van der Waals surface area (Å²) < 4.78 is 6.01. The van der Waals surface area contributed by atoms with Gasteiger partial charge in [0.05, 0.1) is 9.31 Å². The van der Waals surface area contributed by atoms with Gasteiger partial charge >= 0.3 is 5.97 Å². The highest BCUT2D eigenvalue weighted by molar-refractivity contribution is 9.28. The third-order valence-corrected chi connectivity index (χ3v) is 3.58. The molecule has 2 unspecified atom stereocenters. The lowest BCUT2D eigenvalue weighted by Crippen LogP contribution is -2.19. The topological polar surface area (TPSA) is 26.3 Å². The Kier molecular flexibility index (Phi) is 2.79.